The molecular weight excluding hydrogens is 410 g/mol. The number of anilines is 1. The summed E-state index contributed by atoms with van der Waals surface area (Å²) in [7, 11) is 0. The number of hydrogen-bond acceptors (Lipinski definition) is 5. The van der Waals surface area contributed by atoms with Crippen LogP contribution in [0.25, 0.3) is 0 Å². The smallest absolute Gasteiger partial charge is 0.275 e. The number of likely N-dealkylation sites (tertiary alicyclic amines) is 1. The number of para-hydroxylation sites is 1. The van der Waals surface area contributed by atoms with Gasteiger partial charge in [0, 0.05) is 36.7 Å². The summed E-state index contributed by atoms with van der Waals surface area (Å²) in [6, 6.07) is 7.90. The van der Waals surface area contributed by atoms with E-state index >= 15 is 0 Å². The van der Waals surface area contributed by atoms with Crippen LogP contribution in [0.1, 0.15) is 73.9 Å². The first-order valence-electron chi connectivity index (χ1n) is 11.0. The molecular formula is C24H33N3O3S. The van der Waals surface area contributed by atoms with Crippen LogP contribution in [0.3, 0.4) is 0 Å². The van der Waals surface area contributed by atoms with Gasteiger partial charge in [0.1, 0.15) is 5.69 Å². The van der Waals surface area contributed by atoms with Gasteiger partial charge < -0.3 is 15.0 Å². The van der Waals surface area contributed by atoms with E-state index in [1.807, 2.05) is 41.5 Å². The molecule has 0 radical (unpaired) electrons. The largest absolute Gasteiger partial charge is 0.381 e. The van der Waals surface area contributed by atoms with Crippen molar-refractivity contribution >= 4 is 28.8 Å². The Morgan fingerprint density at radius 2 is 1.94 bits per heavy atom. The summed E-state index contributed by atoms with van der Waals surface area (Å²) in [4.78, 5) is 31.6. The Kier molecular flexibility index (Phi) is 7.84. The maximum Gasteiger partial charge on any atom is 0.275 e. The number of aromatic nitrogens is 1. The molecule has 0 atom stereocenters. The van der Waals surface area contributed by atoms with Crippen LogP contribution in [0, 0.1) is 0 Å². The van der Waals surface area contributed by atoms with Crippen molar-refractivity contribution in [3.63, 3.8) is 0 Å². The number of carbonyl (C=O) groups excluding carboxylic acids is 2. The lowest BCUT2D eigenvalue weighted by Gasteiger charge is -2.31. The Labute approximate surface area is 189 Å². The van der Waals surface area contributed by atoms with Crippen molar-refractivity contribution in [2.45, 2.75) is 58.3 Å². The summed E-state index contributed by atoms with van der Waals surface area (Å²) in [5.41, 5.74) is 2.32. The number of nitrogens with one attached hydrogen (secondary N) is 1. The van der Waals surface area contributed by atoms with Crippen molar-refractivity contribution in [1.82, 2.24) is 9.88 Å². The van der Waals surface area contributed by atoms with Crippen LogP contribution < -0.4 is 5.32 Å². The first-order valence-corrected chi connectivity index (χ1v) is 11.9. The standard InChI is InChI=1S/C24H33N3O3S/c1-5-30-15-12-21(28)27-13-10-17(11-14-27)23-26-20(16-31-23)22(29)25-19-9-7-6-8-18(19)24(2,3)4/h6-9,16-17H,5,10-15H2,1-4H3,(H,25,29). The fourth-order valence-corrected chi connectivity index (χ4v) is 4.82. The third kappa shape index (κ3) is 6.14. The highest BCUT2D eigenvalue weighted by Crippen LogP contribution is 2.32. The zero-order chi connectivity index (χ0) is 22.4. The topological polar surface area (TPSA) is 71.5 Å². The molecule has 1 aromatic heterocycles. The summed E-state index contributed by atoms with van der Waals surface area (Å²) in [5, 5.41) is 5.86. The number of rotatable bonds is 7. The first kappa shape index (κ1) is 23.4. The second-order valence-electron chi connectivity index (χ2n) is 8.92. The highest BCUT2D eigenvalue weighted by Gasteiger charge is 2.26. The maximum atomic E-state index is 12.8. The van der Waals surface area contributed by atoms with Crippen molar-refractivity contribution in [1.29, 1.82) is 0 Å². The molecule has 0 saturated carbocycles. The Morgan fingerprint density at radius 3 is 2.61 bits per heavy atom. The normalized spacial score (nSPS) is 15.2. The van der Waals surface area contributed by atoms with Crippen LogP contribution in [-0.4, -0.2) is 48.0 Å². The van der Waals surface area contributed by atoms with Crippen LogP contribution >= 0.6 is 11.3 Å². The van der Waals surface area contributed by atoms with Crippen LogP contribution in [-0.2, 0) is 14.9 Å². The molecule has 2 heterocycles. The van der Waals surface area contributed by atoms with Gasteiger partial charge in [-0.2, -0.15) is 0 Å². The Balaban J connectivity index is 1.58. The van der Waals surface area contributed by atoms with Gasteiger partial charge in [-0.15, -0.1) is 11.3 Å². The Bertz CT molecular complexity index is 895. The number of nitrogens with zero attached hydrogens (tertiary/aromatic N) is 2. The molecule has 1 saturated heterocycles. The summed E-state index contributed by atoms with van der Waals surface area (Å²) < 4.78 is 5.29. The van der Waals surface area contributed by atoms with E-state index in [-0.39, 0.29) is 17.2 Å². The summed E-state index contributed by atoms with van der Waals surface area (Å²) in [6.45, 7) is 10.9. The minimum atomic E-state index is -0.178. The zero-order valence-electron chi connectivity index (χ0n) is 18.9. The van der Waals surface area contributed by atoms with Crippen molar-refractivity contribution in [3.05, 3.63) is 45.9 Å². The van der Waals surface area contributed by atoms with E-state index in [1.54, 1.807) is 0 Å². The van der Waals surface area contributed by atoms with E-state index in [1.165, 1.54) is 11.3 Å². The molecule has 0 bridgehead atoms. The summed E-state index contributed by atoms with van der Waals surface area (Å²) in [5.74, 6) is 0.274. The molecule has 0 spiro atoms. The van der Waals surface area contributed by atoms with Crippen LogP contribution in [0.4, 0.5) is 5.69 Å². The minimum absolute atomic E-state index is 0.0643. The third-order valence-electron chi connectivity index (χ3n) is 5.60. The number of piperidine rings is 1. The number of ether oxygens (including phenoxy) is 1. The van der Waals surface area contributed by atoms with Crippen molar-refractivity contribution in [3.8, 4) is 0 Å². The fourth-order valence-electron chi connectivity index (χ4n) is 3.85. The van der Waals surface area contributed by atoms with Gasteiger partial charge in [-0.25, -0.2) is 4.98 Å². The van der Waals surface area contributed by atoms with Crippen LogP contribution in [0.15, 0.2) is 29.6 Å². The molecule has 3 rings (SSSR count). The van der Waals surface area contributed by atoms with Gasteiger partial charge in [-0.05, 0) is 36.8 Å². The fraction of sp³-hybridized carbons (Fsp3) is 0.542. The number of thiazole rings is 1. The quantitative estimate of drug-likeness (QED) is 0.623. The number of hydrogen-bond donors (Lipinski definition) is 1. The highest BCUT2D eigenvalue weighted by molar-refractivity contribution is 7.10. The lowest BCUT2D eigenvalue weighted by Crippen LogP contribution is -2.38. The molecule has 31 heavy (non-hydrogen) atoms. The predicted octanol–water partition coefficient (Wildman–Crippen LogP) is 4.83. The van der Waals surface area contributed by atoms with E-state index in [0.717, 1.165) is 42.2 Å². The molecule has 0 aliphatic carbocycles. The molecule has 6 nitrogen and oxygen atoms in total. The molecule has 1 N–H and O–H groups in total. The van der Waals surface area contributed by atoms with Gasteiger partial charge in [-0.3, -0.25) is 9.59 Å². The lowest BCUT2D eigenvalue weighted by atomic mass is 9.86. The lowest BCUT2D eigenvalue weighted by molar-refractivity contribution is -0.133. The second kappa shape index (κ2) is 10.4. The second-order valence-corrected chi connectivity index (χ2v) is 9.81. The van der Waals surface area contributed by atoms with Gasteiger partial charge in [0.15, 0.2) is 0 Å². The van der Waals surface area contributed by atoms with Crippen LogP contribution in [0.5, 0.6) is 0 Å². The predicted molar refractivity (Wildman–Crippen MR) is 125 cm³/mol. The monoisotopic (exact) mass is 443 g/mol. The van der Waals surface area contributed by atoms with E-state index < -0.39 is 0 Å². The maximum absolute atomic E-state index is 12.8. The van der Waals surface area contributed by atoms with Gasteiger partial charge in [0.25, 0.3) is 5.91 Å². The molecule has 2 amide bonds. The molecule has 1 aromatic carbocycles. The number of carbonyl (C=O) groups is 2. The van der Waals surface area contributed by atoms with E-state index in [2.05, 4.69) is 31.1 Å². The Hall–Kier alpha value is -2.25. The third-order valence-corrected chi connectivity index (χ3v) is 6.61. The van der Waals surface area contributed by atoms with Crippen molar-refractivity contribution in [2.75, 3.05) is 31.6 Å². The van der Waals surface area contributed by atoms with E-state index in [4.69, 9.17) is 4.74 Å². The van der Waals surface area contributed by atoms with Crippen molar-refractivity contribution in [2.24, 2.45) is 0 Å². The minimum Gasteiger partial charge on any atom is -0.381 e. The van der Waals surface area contributed by atoms with Gasteiger partial charge in [-0.1, -0.05) is 39.0 Å². The van der Waals surface area contributed by atoms with E-state index in [9.17, 15) is 9.59 Å². The van der Waals surface area contributed by atoms with Crippen molar-refractivity contribution < 1.29 is 14.3 Å². The molecule has 2 aromatic rings. The SMILES string of the molecule is CCOCCC(=O)N1CCC(c2nc(C(=O)Nc3ccccc3C(C)(C)C)cs2)CC1. The highest BCUT2D eigenvalue weighted by atomic mass is 32.1. The molecule has 1 aliphatic rings. The van der Waals surface area contributed by atoms with E-state index in [0.29, 0.717) is 31.2 Å². The average Bonchev–Trinajstić information content (AvgIpc) is 3.24. The van der Waals surface area contributed by atoms with Gasteiger partial charge in [0.2, 0.25) is 5.91 Å². The molecule has 1 aliphatic heterocycles. The summed E-state index contributed by atoms with van der Waals surface area (Å²) in [6.07, 6.45) is 2.19. The number of benzene rings is 1. The average molecular weight is 444 g/mol. The Morgan fingerprint density at radius 1 is 1.23 bits per heavy atom. The molecule has 0 unspecified atom stereocenters. The first-order chi connectivity index (χ1) is 14.8. The van der Waals surface area contributed by atoms with Gasteiger partial charge in [0.05, 0.1) is 18.0 Å². The van der Waals surface area contributed by atoms with Gasteiger partial charge >= 0.3 is 0 Å². The van der Waals surface area contributed by atoms with Crippen LogP contribution in [0.2, 0.25) is 0 Å². The zero-order valence-corrected chi connectivity index (χ0v) is 19.8. The number of amides is 2. The molecule has 168 valence electrons. The summed E-state index contributed by atoms with van der Waals surface area (Å²) >= 11 is 1.54. The molecule has 7 heteroatoms. The molecule has 1 fully saturated rings.